The van der Waals surface area contributed by atoms with Gasteiger partial charge in [-0.2, -0.15) is 0 Å². The van der Waals surface area contributed by atoms with Gasteiger partial charge in [0.15, 0.2) is 0 Å². The van der Waals surface area contributed by atoms with Gasteiger partial charge >= 0.3 is 11.9 Å². The van der Waals surface area contributed by atoms with Crippen LogP contribution in [0.25, 0.3) is 0 Å². The van der Waals surface area contributed by atoms with E-state index < -0.39 is 23.3 Å². The fraction of sp³-hybridized carbons (Fsp3) is 0.312. The van der Waals surface area contributed by atoms with Crippen LogP contribution in [0.5, 0.6) is 0 Å². The zero-order chi connectivity index (χ0) is 15.4. The minimum absolute atomic E-state index is 0.0907. The van der Waals surface area contributed by atoms with E-state index in [4.69, 9.17) is 0 Å². The number of allylic oxidation sites excluding steroid dienone is 1. The molecule has 0 amide bonds. The Labute approximate surface area is 121 Å². The number of hydrogen-bond donors (Lipinski definition) is 2. The number of hydrogen-bond acceptors (Lipinski definition) is 3. The lowest BCUT2D eigenvalue weighted by Gasteiger charge is -2.35. The van der Waals surface area contributed by atoms with E-state index in [0.717, 1.165) is 11.1 Å². The first kappa shape index (κ1) is 13.5. The molecular weight excluding hydrogens is 270 g/mol. The molecule has 1 aromatic carbocycles. The van der Waals surface area contributed by atoms with E-state index in [1.54, 1.807) is 13.8 Å². The zero-order valence-electron chi connectivity index (χ0n) is 11.8. The molecule has 1 heterocycles. The van der Waals surface area contributed by atoms with E-state index in [9.17, 15) is 19.8 Å². The van der Waals surface area contributed by atoms with Crippen LogP contribution in [0.4, 0.5) is 0 Å². The van der Waals surface area contributed by atoms with Gasteiger partial charge in [-0.15, -0.1) is 0 Å². The van der Waals surface area contributed by atoms with Crippen molar-refractivity contribution >= 4 is 17.7 Å². The van der Waals surface area contributed by atoms with Gasteiger partial charge in [-0.25, -0.2) is 4.79 Å². The third kappa shape index (κ3) is 1.60. The lowest BCUT2D eigenvalue weighted by molar-refractivity contribution is -0.145. The first-order valence-electron chi connectivity index (χ1n) is 6.70. The van der Waals surface area contributed by atoms with Gasteiger partial charge in [-0.05, 0) is 31.4 Å². The lowest BCUT2D eigenvalue weighted by atomic mass is 9.67. The molecule has 2 atom stereocenters. The molecule has 0 radical (unpaired) electrons. The predicted molar refractivity (Wildman–Crippen MR) is 76.4 cm³/mol. The number of aliphatic imine (C=N–C) groups is 1. The second kappa shape index (κ2) is 4.28. The Morgan fingerprint density at radius 1 is 1.24 bits per heavy atom. The Bertz CT molecular complexity index is 732. The van der Waals surface area contributed by atoms with Crippen molar-refractivity contribution in [1.29, 1.82) is 0 Å². The highest BCUT2D eigenvalue weighted by Crippen LogP contribution is 2.54. The molecule has 2 unspecified atom stereocenters. The number of carboxylic acids is 2. The number of aliphatic carboxylic acids is 2. The molecular formula is C16H15NO4. The Morgan fingerprint density at radius 2 is 1.90 bits per heavy atom. The highest BCUT2D eigenvalue weighted by Gasteiger charge is 2.58. The van der Waals surface area contributed by atoms with Crippen molar-refractivity contribution in [3.05, 3.63) is 46.7 Å². The summed E-state index contributed by atoms with van der Waals surface area (Å²) in [4.78, 5) is 27.9. The average Bonchev–Trinajstić information content (AvgIpc) is 2.75. The smallest absolute Gasteiger partial charge is 0.334 e. The molecule has 3 rings (SSSR count). The summed E-state index contributed by atoms with van der Waals surface area (Å²) in [6.45, 7) is 3.30. The molecule has 5 heteroatoms. The highest BCUT2D eigenvalue weighted by molar-refractivity contribution is 6.11. The van der Waals surface area contributed by atoms with Crippen LogP contribution < -0.4 is 0 Å². The number of nitrogens with zero attached hydrogens (tertiary/aromatic N) is 1. The molecule has 2 aliphatic rings. The maximum Gasteiger partial charge on any atom is 0.334 e. The average molecular weight is 285 g/mol. The second-order valence-corrected chi connectivity index (χ2v) is 5.59. The molecule has 5 nitrogen and oxygen atoms in total. The minimum atomic E-state index is -1.28. The van der Waals surface area contributed by atoms with Gasteiger partial charge in [0.25, 0.3) is 0 Å². The summed E-state index contributed by atoms with van der Waals surface area (Å²) in [5, 5.41) is 19.4. The molecule has 0 aromatic heterocycles. The zero-order valence-corrected chi connectivity index (χ0v) is 11.8. The number of carboxylic acid groups (broad SMARTS) is 2. The van der Waals surface area contributed by atoms with E-state index in [2.05, 4.69) is 4.99 Å². The molecule has 0 bridgehead atoms. The van der Waals surface area contributed by atoms with Crippen molar-refractivity contribution in [1.82, 2.24) is 0 Å². The molecule has 0 saturated carbocycles. The molecule has 21 heavy (non-hydrogen) atoms. The molecule has 1 aliphatic carbocycles. The number of carbonyl (C=O) groups is 2. The normalized spacial score (nSPS) is 27.0. The Balaban J connectivity index is 2.35. The molecule has 108 valence electrons. The molecule has 0 saturated heterocycles. The summed E-state index contributed by atoms with van der Waals surface area (Å²) in [7, 11) is 0. The fourth-order valence-corrected chi connectivity index (χ4v) is 3.64. The van der Waals surface area contributed by atoms with E-state index in [1.165, 1.54) is 0 Å². The van der Waals surface area contributed by atoms with Crippen LogP contribution in [0.1, 0.15) is 30.9 Å². The summed E-state index contributed by atoms with van der Waals surface area (Å²) >= 11 is 0. The van der Waals surface area contributed by atoms with Crippen molar-refractivity contribution in [2.75, 3.05) is 0 Å². The summed E-state index contributed by atoms with van der Waals surface area (Å²) in [6, 6.07) is 7.34. The van der Waals surface area contributed by atoms with Crippen molar-refractivity contribution in [3.63, 3.8) is 0 Å². The van der Waals surface area contributed by atoms with Crippen LogP contribution in [0, 0.1) is 5.41 Å². The number of benzene rings is 1. The van der Waals surface area contributed by atoms with E-state index >= 15 is 0 Å². The van der Waals surface area contributed by atoms with Gasteiger partial charge in [-0.1, -0.05) is 24.3 Å². The van der Waals surface area contributed by atoms with Crippen molar-refractivity contribution < 1.29 is 19.8 Å². The SMILES string of the molecule is CC1=NC(C)=C(C(=O)O)C2c3ccccc3CC12C(=O)O. The Morgan fingerprint density at radius 3 is 2.52 bits per heavy atom. The van der Waals surface area contributed by atoms with Crippen LogP contribution in [0.15, 0.2) is 40.5 Å². The van der Waals surface area contributed by atoms with Crippen molar-refractivity contribution in [3.8, 4) is 0 Å². The van der Waals surface area contributed by atoms with Gasteiger partial charge in [0.1, 0.15) is 5.41 Å². The van der Waals surface area contributed by atoms with Crippen molar-refractivity contribution in [2.24, 2.45) is 10.4 Å². The fourth-order valence-electron chi connectivity index (χ4n) is 3.64. The second-order valence-electron chi connectivity index (χ2n) is 5.59. The number of fused-ring (bicyclic) bond motifs is 3. The minimum Gasteiger partial charge on any atom is -0.481 e. The van der Waals surface area contributed by atoms with Gasteiger partial charge < -0.3 is 10.2 Å². The van der Waals surface area contributed by atoms with Gasteiger partial charge in [-0.3, -0.25) is 9.79 Å². The van der Waals surface area contributed by atoms with Crippen molar-refractivity contribution in [2.45, 2.75) is 26.2 Å². The number of rotatable bonds is 2. The summed E-state index contributed by atoms with van der Waals surface area (Å²) < 4.78 is 0. The van der Waals surface area contributed by atoms with Gasteiger partial charge in [0, 0.05) is 17.3 Å². The van der Waals surface area contributed by atoms with Crippen LogP contribution in [-0.4, -0.2) is 27.9 Å². The first-order valence-corrected chi connectivity index (χ1v) is 6.70. The lowest BCUT2D eigenvalue weighted by Crippen LogP contribution is -2.45. The molecule has 1 aliphatic heterocycles. The van der Waals surface area contributed by atoms with E-state index in [1.807, 2.05) is 24.3 Å². The molecule has 0 fully saturated rings. The third-order valence-electron chi connectivity index (χ3n) is 4.60. The van der Waals surface area contributed by atoms with Gasteiger partial charge in [0.05, 0.1) is 5.57 Å². The summed E-state index contributed by atoms with van der Waals surface area (Å²) in [5.41, 5.74) is 1.33. The molecule has 1 aromatic rings. The summed E-state index contributed by atoms with van der Waals surface area (Å²) in [5.74, 6) is -2.80. The topological polar surface area (TPSA) is 87.0 Å². The maximum atomic E-state index is 12.0. The van der Waals surface area contributed by atoms with Crippen LogP contribution in [0.2, 0.25) is 0 Å². The van der Waals surface area contributed by atoms with Gasteiger partial charge in [0.2, 0.25) is 0 Å². The maximum absolute atomic E-state index is 12.0. The van der Waals surface area contributed by atoms with Crippen LogP contribution in [-0.2, 0) is 16.0 Å². The Kier molecular flexibility index (Phi) is 2.76. The summed E-state index contributed by atoms with van der Waals surface area (Å²) in [6.07, 6.45) is 0.280. The monoisotopic (exact) mass is 285 g/mol. The van der Waals surface area contributed by atoms with Crippen LogP contribution >= 0.6 is 0 Å². The predicted octanol–water partition coefficient (Wildman–Crippen LogP) is 2.23. The van der Waals surface area contributed by atoms with E-state index in [0.29, 0.717) is 11.4 Å². The molecule has 0 spiro atoms. The largest absolute Gasteiger partial charge is 0.481 e. The Hall–Kier alpha value is -2.43. The first-order chi connectivity index (χ1) is 9.89. The van der Waals surface area contributed by atoms with Crippen LogP contribution in [0.3, 0.4) is 0 Å². The van der Waals surface area contributed by atoms with E-state index in [-0.39, 0.29) is 12.0 Å². The molecule has 2 N–H and O–H groups in total. The highest BCUT2D eigenvalue weighted by atomic mass is 16.4. The quantitative estimate of drug-likeness (QED) is 0.872. The third-order valence-corrected chi connectivity index (χ3v) is 4.60. The standard InChI is InChI=1S/C16H15NO4/c1-8-12(14(18)19)13-11-6-4-3-5-10(11)7-16(13,15(20)21)9(2)17-8/h3-6,13H,7H2,1-2H3,(H,18,19)(H,20,21).